The van der Waals surface area contributed by atoms with Crippen molar-refractivity contribution in [1.82, 2.24) is 0 Å². The van der Waals surface area contributed by atoms with Gasteiger partial charge in [0, 0.05) is 0 Å². The molecular formula is C19H27F. The van der Waals surface area contributed by atoms with E-state index in [1.54, 1.807) is 12.1 Å². The maximum atomic E-state index is 12.6. The molecule has 2 rings (SSSR count). The molecule has 0 N–H and O–H groups in total. The zero-order valence-corrected chi connectivity index (χ0v) is 13.4. The Labute approximate surface area is 124 Å². The van der Waals surface area contributed by atoms with E-state index in [2.05, 4.69) is 38.8 Å². The van der Waals surface area contributed by atoms with Gasteiger partial charge in [-0.15, -0.1) is 12.8 Å². The van der Waals surface area contributed by atoms with Crippen molar-refractivity contribution in [3.63, 3.8) is 0 Å². The fourth-order valence-electron chi connectivity index (χ4n) is 1.13. The molecule has 110 valence electrons. The van der Waals surface area contributed by atoms with Crippen LogP contribution in [-0.2, 0) is 6.42 Å². The zero-order valence-electron chi connectivity index (χ0n) is 13.4. The second-order valence-corrected chi connectivity index (χ2v) is 4.24. The molecule has 0 unspecified atom stereocenters. The van der Waals surface area contributed by atoms with E-state index in [0.29, 0.717) is 0 Å². The van der Waals surface area contributed by atoms with Crippen LogP contribution in [0.3, 0.4) is 0 Å². The third-order valence-electron chi connectivity index (χ3n) is 2.39. The summed E-state index contributed by atoms with van der Waals surface area (Å²) in [7, 11) is 0. The van der Waals surface area contributed by atoms with Gasteiger partial charge >= 0.3 is 0 Å². The van der Waals surface area contributed by atoms with Crippen molar-refractivity contribution in [1.29, 1.82) is 0 Å². The van der Waals surface area contributed by atoms with Gasteiger partial charge in [0.25, 0.3) is 0 Å². The van der Waals surface area contributed by atoms with Crippen molar-refractivity contribution < 1.29 is 4.39 Å². The van der Waals surface area contributed by atoms with Crippen LogP contribution in [0.15, 0.2) is 47.6 Å². The molecule has 0 atom stereocenters. The lowest BCUT2D eigenvalue weighted by Crippen LogP contribution is -1.83. The summed E-state index contributed by atoms with van der Waals surface area (Å²) in [5.41, 5.74) is 3.88. The average Bonchev–Trinajstić information content (AvgIpc) is 3.28. The second kappa shape index (κ2) is 13.6. The molecule has 0 saturated carbocycles. The van der Waals surface area contributed by atoms with Gasteiger partial charge in [0.15, 0.2) is 0 Å². The summed E-state index contributed by atoms with van der Waals surface area (Å²) in [4.78, 5) is 0. The predicted octanol–water partition coefficient (Wildman–Crippen LogP) is 5.95. The molecule has 0 spiro atoms. The molecule has 0 amide bonds. The molecule has 1 aromatic carbocycles. The van der Waals surface area contributed by atoms with Gasteiger partial charge in [0.1, 0.15) is 5.82 Å². The lowest BCUT2D eigenvalue weighted by molar-refractivity contribution is 0.626. The van der Waals surface area contributed by atoms with Gasteiger partial charge in [-0.25, -0.2) is 4.39 Å². The summed E-state index contributed by atoms with van der Waals surface area (Å²) >= 11 is 0. The van der Waals surface area contributed by atoms with E-state index >= 15 is 0 Å². The zero-order chi connectivity index (χ0) is 16.0. The van der Waals surface area contributed by atoms with Gasteiger partial charge in [-0.3, -0.25) is 0 Å². The molecule has 0 heterocycles. The van der Waals surface area contributed by atoms with E-state index in [1.165, 1.54) is 17.2 Å². The van der Waals surface area contributed by atoms with Crippen molar-refractivity contribution in [3.05, 3.63) is 58.9 Å². The van der Waals surface area contributed by atoms with Crippen LogP contribution in [-0.4, -0.2) is 0 Å². The van der Waals surface area contributed by atoms with E-state index in [9.17, 15) is 4.39 Å². The molecule has 0 aromatic heterocycles. The molecule has 1 aliphatic rings. The van der Waals surface area contributed by atoms with E-state index in [1.807, 2.05) is 26.8 Å². The average molecular weight is 274 g/mol. The number of halogens is 1. The van der Waals surface area contributed by atoms with E-state index in [0.717, 1.165) is 18.4 Å². The molecule has 0 nitrogen and oxygen atoms in total. The summed E-state index contributed by atoms with van der Waals surface area (Å²) in [6, 6.07) is 6.79. The van der Waals surface area contributed by atoms with Gasteiger partial charge in [-0.05, 0) is 51.3 Å². The lowest BCUT2D eigenvalue weighted by Gasteiger charge is -1.95. The summed E-state index contributed by atoms with van der Waals surface area (Å²) in [5, 5.41) is 0. The van der Waals surface area contributed by atoms with E-state index < -0.39 is 0 Å². The summed E-state index contributed by atoms with van der Waals surface area (Å²) < 4.78 is 12.6. The molecule has 0 bridgehead atoms. The van der Waals surface area contributed by atoms with Crippen LogP contribution in [0.25, 0.3) is 0 Å². The first-order valence-corrected chi connectivity index (χ1v) is 6.97. The van der Waals surface area contributed by atoms with Crippen molar-refractivity contribution in [2.45, 2.75) is 47.5 Å². The van der Waals surface area contributed by atoms with Crippen molar-refractivity contribution in [2.75, 3.05) is 0 Å². The molecule has 0 aliphatic heterocycles. The normalized spacial score (nSPS) is 10.1. The molecule has 1 heteroatoms. The van der Waals surface area contributed by atoms with Gasteiger partial charge < -0.3 is 0 Å². The quantitative estimate of drug-likeness (QED) is 0.462. The van der Waals surface area contributed by atoms with Gasteiger partial charge in [-0.2, -0.15) is 0 Å². The monoisotopic (exact) mass is 274 g/mol. The number of rotatable bonds is 2. The lowest BCUT2D eigenvalue weighted by atomic mass is 10.1. The van der Waals surface area contributed by atoms with Crippen LogP contribution < -0.4 is 0 Å². The fraction of sp³-hybridized carbons (Fsp3) is 0.368. The smallest absolute Gasteiger partial charge is 0.123 e. The SMILES string of the molecule is C#C.CC.CC=C(C)C.Fc1cccc(CC2=CC2)c1. The van der Waals surface area contributed by atoms with Crippen molar-refractivity contribution >= 4 is 0 Å². The number of benzene rings is 1. The topological polar surface area (TPSA) is 0 Å². The minimum absolute atomic E-state index is 0.135. The number of hydrogen-bond donors (Lipinski definition) is 0. The molecule has 1 aromatic rings. The highest BCUT2D eigenvalue weighted by atomic mass is 19.1. The summed E-state index contributed by atoms with van der Waals surface area (Å²) in [6.07, 6.45) is 14.3. The minimum Gasteiger partial charge on any atom is -0.207 e. The first-order valence-electron chi connectivity index (χ1n) is 6.97. The van der Waals surface area contributed by atoms with Crippen LogP contribution in [0.2, 0.25) is 0 Å². The van der Waals surface area contributed by atoms with Crippen molar-refractivity contribution in [2.24, 2.45) is 0 Å². The second-order valence-electron chi connectivity index (χ2n) is 4.24. The van der Waals surface area contributed by atoms with Gasteiger partial charge in [0.05, 0.1) is 0 Å². The highest BCUT2D eigenvalue weighted by Crippen LogP contribution is 2.23. The Morgan fingerprint density at radius 2 is 1.75 bits per heavy atom. The first kappa shape index (κ1) is 20.5. The molecule has 0 radical (unpaired) electrons. The summed E-state index contributed by atoms with van der Waals surface area (Å²) in [6.45, 7) is 10.2. The highest BCUT2D eigenvalue weighted by molar-refractivity contribution is 5.30. The molecular weight excluding hydrogens is 247 g/mol. The standard InChI is InChI=1S/C10H9F.C5H10.C2H6.C2H2/c11-10-3-1-2-9(7-10)6-8-4-5-8;1-4-5(2)3;2*1-2/h1-4,7H,5-6H2;4H,1-3H3;1-2H3;1-2H. The Kier molecular flexibility index (Phi) is 14.0. The third-order valence-corrected chi connectivity index (χ3v) is 2.39. The van der Waals surface area contributed by atoms with Crippen LogP contribution in [0, 0.1) is 18.7 Å². The Morgan fingerprint density at radius 3 is 2.10 bits per heavy atom. The Hall–Kier alpha value is -1.81. The predicted molar refractivity (Wildman–Crippen MR) is 89.1 cm³/mol. The number of allylic oxidation sites excluding steroid dienone is 4. The maximum absolute atomic E-state index is 12.6. The molecule has 20 heavy (non-hydrogen) atoms. The van der Waals surface area contributed by atoms with Crippen LogP contribution in [0.5, 0.6) is 0 Å². The Morgan fingerprint density at radius 1 is 1.25 bits per heavy atom. The molecule has 0 fully saturated rings. The first-order chi connectivity index (χ1) is 9.61. The summed E-state index contributed by atoms with van der Waals surface area (Å²) in [5.74, 6) is -0.135. The van der Waals surface area contributed by atoms with Crippen LogP contribution >= 0.6 is 0 Å². The van der Waals surface area contributed by atoms with Crippen molar-refractivity contribution in [3.8, 4) is 12.8 Å². The van der Waals surface area contributed by atoms with E-state index in [4.69, 9.17) is 0 Å². The maximum Gasteiger partial charge on any atom is 0.123 e. The molecule has 0 saturated heterocycles. The Bertz CT molecular complexity index is 432. The fourth-order valence-corrected chi connectivity index (χ4v) is 1.13. The molecule has 1 aliphatic carbocycles. The largest absolute Gasteiger partial charge is 0.207 e. The van der Waals surface area contributed by atoms with Gasteiger partial charge in [-0.1, -0.05) is 49.3 Å². The number of hydrogen-bond acceptors (Lipinski definition) is 0. The number of terminal acetylenes is 1. The Balaban J connectivity index is 0. The van der Waals surface area contributed by atoms with Crippen LogP contribution in [0.4, 0.5) is 4.39 Å². The highest BCUT2D eigenvalue weighted by Gasteiger charge is 2.07. The van der Waals surface area contributed by atoms with E-state index in [-0.39, 0.29) is 5.82 Å². The minimum atomic E-state index is -0.135. The van der Waals surface area contributed by atoms with Crippen LogP contribution in [0.1, 0.15) is 46.6 Å². The third kappa shape index (κ3) is 12.6. The van der Waals surface area contributed by atoms with Gasteiger partial charge in [0.2, 0.25) is 0 Å².